The number of aromatic nitrogens is 1. The summed E-state index contributed by atoms with van der Waals surface area (Å²) in [6, 6.07) is 4.09. The second kappa shape index (κ2) is 5.66. The van der Waals surface area contributed by atoms with Gasteiger partial charge in [-0.25, -0.2) is 4.98 Å². The van der Waals surface area contributed by atoms with Gasteiger partial charge in [-0.3, -0.25) is 0 Å². The summed E-state index contributed by atoms with van der Waals surface area (Å²) in [5.74, 6) is 0.981. The highest BCUT2D eigenvalue weighted by Crippen LogP contribution is 2.15. The van der Waals surface area contributed by atoms with E-state index < -0.39 is 0 Å². The minimum Gasteiger partial charge on any atom is -0.353 e. The Hall–Kier alpha value is -1.35. The lowest BCUT2D eigenvalue weighted by molar-refractivity contribution is 0.804. The molecule has 1 aromatic rings. The molecular weight excluding hydrogens is 198 g/mol. The second-order valence-electron chi connectivity index (χ2n) is 4.21. The predicted octanol–water partition coefficient (Wildman–Crippen LogP) is 2.50. The van der Waals surface area contributed by atoms with Gasteiger partial charge in [-0.2, -0.15) is 0 Å². The number of anilines is 1. The summed E-state index contributed by atoms with van der Waals surface area (Å²) in [5, 5.41) is 0. The van der Waals surface area contributed by atoms with E-state index in [9.17, 15) is 0 Å². The molecular formula is C13H21N3. The zero-order chi connectivity index (χ0) is 12.1. The quantitative estimate of drug-likeness (QED) is 0.774. The molecule has 1 aromatic heterocycles. The van der Waals surface area contributed by atoms with Crippen LogP contribution >= 0.6 is 0 Å². The smallest absolute Gasteiger partial charge is 0.128 e. The number of hydrogen-bond donors (Lipinski definition) is 1. The zero-order valence-electron chi connectivity index (χ0n) is 10.4. The molecule has 0 aliphatic rings. The molecule has 0 spiro atoms. The first kappa shape index (κ1) is 12.7. The van der Waals surface area contributed by atoms with Crippen molar-refractivity contribution in [3.8, 4) is 0 Å². The van der Waals surface area contributed by atoms with E-state index in [4.69, 9.17) is 5.73 Å². The molecule has 0 bridgehead atoms. The average molecular weight is 219 g/mol. The number of likely N-dealkylation sites (N-methyl/N-ethyl adjacent to an activating group) is 1. The molecule has 2 N–H and O–H groups in total. The van der Waals surface area contributed by atoms with Crippen LogP contribution in [0.2, 0.25) is 0 Å². The average Bonchev–Trinajstić information content (AvgIpc) is 2.25. The maximum Gasteiger partial charge on any atom is 0.128 e. The highest BCUT2D eigenvalue weighted by Gasteiger charge is 2.06. The normalized spacial score (nSPS) is 12.2. The van der Waals surface area contributed by atoms with Crippen molar-refractivity contribution in [3.63, 3.8) is 0 Å². The van der Waals surface area contributed by atoms with Gasteiger partial charge in [0.05, 0.1) is 0 Å². The first-order chi connectivity index (χ1) is 7.54. The van der Waals surface area contributed by atoms with Crippen LogP contribution in [0.4, 0.5) is 5.82 Å². The molecule has 0 aromatic carbocycles. The summed E-state index contributed by atoms with van der Waals surface area (Å²) in [4.78, 5) is 6.62. The summed E-state index contributed by atoms with van der Waals surface area (Å²) in [7, 11) is 0. The third-order valence-electron chi connectivity index (χ3n) is 2.46. The van der Waals surface area contributed by atoms with Crippen molar-refractivity contribution in [2.24, 2.45) is 5.73 Å². The third kappa shape index (κ3) is 3.35. The van der Waals surface area contributed by atoms with Crippen molar-refractivity contribution in [2.75, 3.05) is 18.0 Å². The van der Waals surface area contributed by atoms with E-state index >= 15 is 0 Å². The van der Waals surface area contributed by atoms with Crippen molar-refractivity contribution < 1.29 is 0 Å². The van der Waals surface area contributed by atoms with Crippen molar-refractivity contribution in [1.29, 1.82) is 0 Å². The van der Waals surface area contributed by atoms with Gasteiger partial charge in [-0.1, -0.05) is 18.2 Å². The Morgan fingerprint density at radius 1 is 1.56 bits per heavy atom. The van der Waals surface area contributed by atoms with Crippen LogP contribution in [0.1, 0.15) is 32.4 Å². The molecule has 16 heavy (non-hydrogen) atoms. The van der Waals surface area contributed by atoms with Crippen molar-refractivity contribution in [3.05, 3.63) is 36.0 Å². The number of nitrogens with zero attached hydrogens (tertiary/aromatic N) is 2. The topological polar surface area (TPSA) is 42.1 Å². The molecule has 1 atom stereocenters. The maximum absolute atomic E-state index is 5.79. The summed E-state index contributed by atoms with van der Waals surface area (Å²) in [6.07, 6.45) is 1.85. The minimum atomic E-state index is 0.0396. The van der Waals surface area contributed by atoms with Crippen LogP contribution in [-0.4, -0.2) is 18.1 Å². The highest BCUT2D eigenvalue weighted by molar-refractivity contribution is 5.41. The van der Waals surface area contributed by atoms with Gasteiger partial charge in [0.15, 0.2) is 0 Å². The SMILES string of the molecule is C=C(C)CN(CC)c1ccc([C@@H](C)N)cn1. The molecule has 0 fully saturated rings. The standard InChI is InChI=1S/C13H21N3/c1-5-16(9-10(2)3)13-7-6-12(8-15-13)11(4)14/h6-8,11H,2,5,9,14H2,1,3-4H3/t11-/m1/s1. The Labute approximate surface area is 98.0 Å². The van der Waals surface area contributed by atoms with Gasteiger partial charge in [0.2, 0.25) is 0 Å². The molecule has 1 rings (SSSR count). The Kier molecular flexibility index (Phi) is 4.50. The molecule has 0 saturated carbocycles. The fourth-order valence-electron chi connectivity index (χ4n) is 1.53. The van der Waals surface area contributed by atoms with Crippen LogP contribution in [0, 0.1) is 0 Å². The summed E-state index contributed by atoms with van der Waals surface area (Å²) < 4.78 is 0. The summed E-state index contributed by atoms with van der Waals surface area (Å²) in [6.45, 7) is 11.8. The van der Waals surface area contributed by atoms with Gasteiger partial charge < -0.3 is 10.6 Å². The summed E-state index contributed by atoms with van der Waals surface area (Å²) in [5.41, 5.74) is 7.99. The monoisotopic (exact) mass is 219 g/mol. The molecule has 0 unspecified atom stereocenters. The Morgan fingerprint density at radius 3 is 2.62 bits per heavy atom. The highest BCUT2D eigenvalue weighted by atomic mass is 15.2. The first-order valence-corrected chi connectivity index (χ1v) is 5.65. The largest absolute Gasteiger partial charge is 0.353 e. The van der Waals surface area contributed by atoms with Gasteiger partial charge in [0.25, 0.3) is 0 Å². The molecule has 0 radical (unpaired) electrons. The maximum atomic E-state index is 5.79. The lowest BCUT2D eigenvalue weighted by Crippen LogP contribution is -2.25. The first-order valence-electron chi connectivity index (χ1n) is 5.65. The Morgan fingerprint density at radius 2 is 2.25 bits per heavy atom. The summed E-state index contributed by atoms with van der Waals surface area (Å²) >= 11 is 0. The fourth-order valence-corrected chi connectivity index (χ4v) is 1.53. The number of rotatable bonds is 5. The van der Waals surface area contributed by atoms with Crippen molar-refractivity contribution >= 4 is 5.82 Å². The molecule has 0 aliphatic carbocycles. The molecule has 0 aliphatic heterocycles. The van der Waals surface area contributed by atoms with Gasteiger partial charge >= 0.3 is 0 Å². The van der Waals surface area contributed by atoms with E-state index in [1.54, 1.807) is 0 Å². The van der Waals surface area contributed by atoms with Gasteiger partial charge in [0, 0.05) is 25.3 Å². The molecule has 88 valence electrons. The molecule has 3 heteroatoms. The molecule has 3 nitrogen and oxygen atoms in total. The van der Waals surface area contributed by atoms with E-state index in [1.165, 1.54) is 0 Å². The molecule has 0 saturated heterocycles. The minimum absolute atomic E-state index is 0.0396. The zero-order valence-corrected chi connectivity index (χ0v) is 10.4. The van der Waals surface area contributed by atoms with Gasteiger partial charge in [-0.15, -0.1) is 0 Å². The predicted molar refractivity (Wildman–Crippen MR) is 69.5 cm³/mol. The molecule has 1 heterocycles. The van der Waals surface area contributed by atoms with E-state index in [2.05, 4.69) is 23.4 Å². The number of pyridine rings is 1. The van der Waals surface area contributed by atoms with Gasteiger partial charge in [-0.05, 0) is 32.4 Å². The van der Waals surface area contributed by atoms with E-state index in [0.717, 1.165) is 30.0 Å². The molecule has 0 amide bonds. The lowest BCUT2D eigenvalue weighted by atomic mass is 10.1. The van der Waals surface area contributed by atoms with E-state index in [1.807, 2.05) is 32.2 Å². The second-order valence-corrected chi connectivity index (χ2v) is 4.21. The Bertz CT molecular complexity index is 341. The lowest BCUT2D eigenvalue weighted by Gasteiger charge is -2.22. The fraction of sp³-hybridized carbons (Fsp3) is 0.462. The Balaban J connectivity index is 2.82. The third-order valence-corrected chi connectivity index (χ3v) is 2.46. The number of hydrogen-bond acceptors (Lipinski definition) is 3. The van der Waals surface area contributed by atoms with Crippen molar-refractivity contribution in [1.82, 2.24) is 4.98 Å². The van der Waals surface area contributed by atoms with Crippen LogP contribution in [0.3, 0.4) is 0 Å². The van der Waals surface area contributed by atoms with Crippen LogP contribution in [-0.2, 0) is 0 Å². The van der Waals surface area contributed by atoms with Crippen LogP contribution in [0.15, 0.2) is 30.5 Å². The number of nitrogens with two attached hydrogens (primary N) is 1. The van der Waals surface area contributed by atoms with Crippen LogP contribution in [0.25, 0.3) is 0 Å². The van der Waals surface area contributed by atoms with E-state index in [-0.39, 0.29) is 6.04 Å². The van der Waals surface area contributed by atoms with Gasteiger partial charge in [0.1, 0.15) is 5.82 Å². The van der Waals surface area contributed by atoms with Crippen LogP contribution in [0.5, 0.6) is 0 Å². The van der Waals surface area contributed by atoms with Crippen molar-refractivity contribution in [2.45, 2.75) is 26.8 Å². The van der Waals surface area contributed by atoms with Crippen LogP contribution < -0.4 is 10.6 Å². The van der Waals surface area contributed by atoms with E-state index in [0.29, 0.717) is 0 Å².